The van der Waals surface area contributed by atoms with Crippen molar-refractivity contribution < 1.29 is 23.8 Å². The number of rotatable bonds is 9. The largest absolute Gasteiger partial charge is 0.489 e. The number of amides is 2. The van der Waals surface area contributed by atoms with Crippen molar-refractivity contribution in [3.05, 3.63) is 29.8 Å². The SMILES string of the molecule is CC[C@@H](COC)NC(=O)c1ccccc1OC1CCN(C(=O)COC)CC1. The molecular weight excluding hydrogens is 348 g/mol. The van der Waals surface area contributed by atoms with Gasteiger partial charge in [-0.15, -0.1) is 0 Å². The van der Waals surface area contributed by atoms with Crippen molar-refractivity contribution in [1.82, 2.24) is 10.2 Å². The van der Waals surface area contributed by atoms with E-state index in [-0.39, 0.29) is 30.6 Å². The predicted molar refractivity (Wildman–Crippen MR) is 102 cm³/mol. The highest BCUT2D eigenvalue weighted by Gasteiger charge is 2.25. The molecule has 7 nitrogen and oxygen atoms in total. The summed E-state index contributed by atoms with van der Waals surface area (Å²) in [6.07, 6.45) is 2.22. The Balaban J connectivity index is 1.96. The Labute approximate surface area is 161 Å². The van der Waals surface area contributed by atoms with E-state index < -0.39 is 0 Å². The minimum atomic E-state index is -0.165. The van der Waals surface area contributed by atoms with E-state index in [1.165, 1.54) is 7.11 Å². The lowest BCUT2D eigenvalue weighted by molar-refractivity contribution is -0.136. The molecule has 1 fully saturated rings. The number of ether oxygens (including phenoxy) is 3. The van der Waals surface area contributed by atoms with Gasteiger partial charge in [0.15, 0.2) is 0 Å². The summed E-state index contributed by atoms with van der Waals surface area (Å²) in [5.74, 6) is 0.408. The number of nitrogens with one attached hydrogen (secondary N) is 1. The number of nitrogens with zero attached hydrogens (tertiary/aromatic N) is 1. The predicted octanol–water partition coefficient (Wildman–Crippen LogP) is 1.86. The van der Waals surface area contributed by atoms with Gasteiger partial charge in [0.2, 0.25) is 5.91 Å². The second-order valence-electron chi connectivity index (χ2n) is 6.66. The first-order valence-corrected chi connectivity index (χ1v) is 9.41. The zero-order valence-electron chi connectivity index (χ0n) is 16.4. The Morgan fingerprint density at radius 2 is 1.89 bits per heavy atom. The molecule has 1 atom stereocenters. The molecule has 0 aliphatic carbocycles. The van der Waals surface area contributed by atoms with Gasteiger partial charge in [-0.3, -0.25) is 9.59 Å². The van der Waals surface area contributed by atoms with Gasteiger partial charge in [-0.05, 0) is 18.6 Å². The monoisotopic (exact) mass is 378 g/mol. The first-order valence-electron chi connectivity index (χ1n) is 9.41. The molecule has 2 amide bonds. The van der Waals surface area contributed by atoms with Crippen LogP contribution in [0.1, 0.15) is 36.5 Å². The van der Waals surface area contributed by atoms with Gasteiger partial charge >= 0.3 is 0 Å². The van der Waals surface area contributed by atoms with E-state index in [1.807, 2.05) is 25.1 Å². The number of hydrogen-bond donors (Lipinski definition) is 1. The number of carbonyl (C=O) groups is 2. The van der Waals surface area contributed by atoms with Crippen molar-refractivity contribution in [2.45, 2.75) is 38.3 Å². The van der Waals surface area contributed by atoms with E-state index in [4.69, 9.17) is 14.2 Å². The first kappa shape index (κ1) is 21.2. The van der Waals surface area contributed by atoms with E-state index in [1.54, 1.807) is 18.1 Å². The summed E-state index contributed by atoms with van der Waals surface area (Å²) in [4.78, 5) is 26.3. The van der Waals surface area contributed by atoms with Crippen LogP contribution in [0.3, 0.4) is 0 Å². The second kappa shape index (κ2) is 10.9. The van der Waals surface area contributed by atoms with Crippen molar-refractivity contribution in [3.63, 3.8) is 0 Å². The van der Waals surface area contributed by atoms with Crippen LogP contribution in [0.2, 0.25) is 0 Å². The number of likely N-dealkylation sites (tertiary alicyclic amines) is 1. The molecule has 27 heavy (non-hydrogen) atoms. The average molecular weight is 378 g/mol. The van der Waals surface area contributed by atoms with E-state index in [0.717, 1.165) is 19.3 Å². The molecule has 0 unspecified atom stereocenters. The lowest BCUT2D eigenvalue weighted by Crippen LogP contribution is -2.43. The molecule has 0 radical (unpaired) electrons. The van der Waals surface area contributed by atoms with Gasteiger partial charge in [-0.25, -0.2) is 0 Å². The van der Waals surface area contributed by atoms with Crippen LogP contribution in [0.25, 0.3) is 0 Å². The van der Waals surface area contributed by atoms with Crippen molar-refractivity contribution in [3.8, 4) is 5.75 Å². The second-order valence-corrected chi connectivity index (χ2v) is 6.66. The van der Waals surface area contributed by atoms with Crippen LogP contribution in [0, 0.1) is 0 Å². The maximum Gasteiger partial charge on any atom is 0.255 e. The minimum absolute atomic E-state index is 0.000483. The standard InChI is InChI=1S/C20H30N2O5/c1-4-15(13-25-2)21-20(24)17-7-5-6-8-18(17)27-16-9-11-22(12-10-16)19(23)14-26-3/h5-8,15-16H,4,9-14H2,1-3H3,(H,21,24)/t15-/m0/s1. The first-order chi connectivity index (χ1) is 13.1. The molecule has 150 valence electrons. The van der Waals surface area contributed by atoms with Gasteiger partial charge in [0.1, 0.15) is 18.5 Å². The number of piperidine rings is 1. The number of methoxy groups -OCH3 is 2. The van der Waals surface area contributed by atoms with E-state index in [9.17, 15) is 9.59 Å². The molecule has 0 saturated carbocycles. The van der Waals surface area contributed by atoms with Crippen LogP contribution < -0.4 is 10.1 Å². The zero-order valence-corrected chi connectivity index (χ0v) is 16.4. The summed E-state index contributed by atoms with van der Waals surface area (Å²) >= 11 is 0. The van der Waals surface area contributed by atoms with Crippen molar-refractivity contribution in [2.24, 2.45) is 0 Å². The Hall–Kier alpha value is -2.12. The fraction of sp³-hybridized carbons (Fsp3) is 0.600. The molecule has 1 saturated heterocycles. The van der Waals surface area contributed by atoms with Crippen LogP contribution in [-0.4, -0.2) is 69.4 Å². The van der Waals surface area contributed by atoms with Crippen LogP contribution >= 0.6 is 0 Å². The Morgan fingerprint density at radius 1 is 1.19 bits per heavy atom. The molecule has 2 rings (SSSR count). The smallest absolute Gasteiger partial charge is 0.255 e. The normalized spacial score (nSPS) is 16.0. The fourth-order valence-corrected chi connectivity index (χ4v) is 3.10. The zero-order chi connectivity index (χ0) is 19.6. The van der Waals surface area contributed by atoms with Gasteiger partial charge in [-0.1, -0.05) is 19.1 Å². The van der Waals surface area contributed by atoms with Crippen LogP contribution in [0.4, 0.5) is 0 Å². The molecule has 1 aliphatic rings. The van der Waals surface area contributed by atoms with Crippen molar-refractivity contribution in [2.75, 3.05) is 40.5 Å². The summed E-state index contributed by atoms with van der Waals surface area (Å²) in [5, 5.41) is 2.99. The Kier molecular flexibility index (Phi) is 8.54. The van der Waals surface area contributed by atoms with Crippen LogP contribution in [-0.2, 0) is 14.3 Å². The molecule has 1 N–H and O–H groups in total. The maximum absolute atomic E-state index is 12.7. The average Bonchev–Trinajstić information content (AvgIpc) is 2.68. The molecule has 7 heteroatoms. The molecule has 0 spiro atoms. The molecule has 0 aromatic heterocycles. The van der Waals surface area contributed by atoms with Gasteiger partial charge in [0.05, 0.1) is 18.2 Å². The third kappa shape index (κ3) is 6.22. The molecule has 0 bridgehead atoms. The van der Waals surface area contributed by atoms with Gasteiger partial charge < -0.3 is 24.4 Å². The lowest BCUT2D eigenvalue weighted by atomic mass is 10.1. The van der Waals surface area contributed by atoms with Crippen LogP contribution in [0.15, 0.2) is 24.3 Å². The van der Waals surface area contributed by atoms with Gasteiger partial charge in [0.25, 0.3) is 5.91 Å². The summed E-state index contributed by atoms with van der Waals surface area (Å²) in [6.45, 7) is 3.85. The van der Waals surface area contributed by atoms with Gasteiger partial charge in [0, 0.05) is 40.2 Å². The molecule has 1 aromatic rings. The Morgan fingerprint density at radius 3 is 2.52 bits per heavy atom. The van der Waals surface area contributed by atoms with E-state index >= 15 is 0 Å². The highest BCUT2D eigenvalue weighted by molar-refractivity contribution is 5.97. The van der Waals surface area contributed by atoms with Crippen molar-refractivity contribution in [1.29, 1.82) is 0 Å². The molecular formula is C20H30N2O5. The molecule has 1 aromatic carbocycles. The third-order valence-electron chi connectivity index (χ3n) is 4.68. The molecule has 1 aliphatic heterocycles. The summed E-state index contributed by atoms with van der Waals surface area (Å²) in [5.41, 5.74) is 0.518. The summed E-state index contributed by atoms with van der Waals surface area (Å²) in [7, 11) is 3.14. The fourth-order valence-electron chi connectivity index (χ4n) is 3.10. The Bertz CT molecular complexity index is 614. The van der Waals surface area contributed by atoms with Crippen molar-refractivity contribution >= 4 is 11.8 Å². The topological polar surface area (TPSA) is 77.1 Å². The third-order valence-corrected chi connectivity index (χ3v) is 4.68. The quantitative estimate of drug-likeness (QED) is 0.710. The highest BCUT2D eigenvalue weighted by atomic mass is 16.5. The van der Waals surface area contributed by atoms with E-state index in [2.05, 4.69) is 5.32 Å². The van der Waals surface area contributed by atoms with Crippen LogP contribution in [0.5, 0.6) is 5.75 Å². The number of carbonyl (C=O) groups excluding carboxylic acids is 2. The summed E-state index contributed by atoms with van der Waals surface area (Å²) in [6, 6.07) is 7.22. The van der Waals surface area contributed by atoms with E-state index in [0.29, 0.717) is 31.0 Å². The molecule has 1 heterocycles. The lowest BCUT2D eigenvalue weighted by Gasteiger charge is -2.32. The minimum Gasteiger partial charge on any atom is -0.489 e. The number of para-hydroxylation sites is 1. The maximum atomic E-state index is 12.7. The highest BCUT2D eigenvalue weighted by Crippen LogP contribution is 2.23. The number of benzene rings is 1. The number of hydrogen-bond acceptors (Lipinski definition) is 5. The summed E-state index contributed by atoms with van der Waals surface area (Å²) < 4.78 is 16.2. The van der Waals surface area contributed by atoms with Gasteiger partial charge in [-0.2, -0.15) is 0 Å².